The van der Waals surface area contributed by atoms with Gasteiger partial charge in [-0.25, -0.2) is 0 Å². The van der Waals surface area contributed by atoms with Gasteiger partial charge in [0.15, 0.2) is 0 Å². The summed E-state index contributed by atoms with van der Waals surface area (Å²) in [5.41, 5.74) is 4.21. The van der Waals surface area contributed by atoms with Crippen molar-refractivity contribution in [3.05, 3.63) is 41.0 Å². The molecule has 1 heterocycles. The van der Waals surface area contributed by atoms with Gasteiger partial charge in [0.1, 0.15) is 0 Å². The molecule has 3 heteroatoms. The maximum atomic E-state index is 9.96. The lowest BCUT2D eigenvalue weighted by atomic mass is 9.83. The van der Waals surface area contributed by atoms with E-state index in [9.17, 15) is 5.11 Å². The van der Waals surface area contributed by atoms with Crippen molar-refractivity contribution in [2.24, 2.45) is 5.41 Å². The second kappa shape index (κ2) is 5.91. The Morgan fingerprint density at radius 2 is 2.05 bits per heavy atom. The molecule has 21 heavy (non-hydrogen) atoms. The molecule has 3 nitrogen and oxygen atoms in total. The molecule has 1 aliphatic heterocycles. The van der Waals surface area contributed by atoms with Gasteiger partial charge < -0.3 is 10.0 Å². The van der Waals surface area contributed by atoms with Gasteiger partial charge >= 0.3 is 0 Å². The minimum absolute atomic E-state index is 0.216. The van der Waals surface area contributed by atoms with E-state index in [1.54, 1.807) is 13.0 Å². The third kappa shape index (κ3) is 3.46. The van der Waals surface area contributed by atoms with E-state index >= 15 is 0 Å². The molecule has 112 valence electrons. The summed E-state index contributed by atoms with van der Waals surface area (Å²) in [6, 6.07) is 7.70. The van der Waals surface area contributed by atoms with E-state index in [1.165, 1.54) is 5.57 Å². The summed E-state index contributed by atoms with van der Waals surface area (Å²) in [7, 11) is 0. The summed E-state index contributed by atoms with van der Waals surface area (Å²) in [5, 5.41) is 19.1. The molecule has 0 saturated heterocycles. The van der Waals surface area contributed by atoms with Crippen molar-refractivity contribution in [3.63, 3.8) is 0 Å². The predicted molar refractivity (Wildman–Crippen MR) is 86.2 cm³/mol. The van der Waals surface area contributed by atoms with Crippen LogP contribution in [-0.4, -0.2) is 18.2 Å². The van der Waals surface area contributed by atoms with Gasteiger partial charge in [-0.1, -0.05) is 38.5 Å². The highest BCUT2D eigenvalue weighted by atomic mass is 16.3. The normalized spacial score (nSPS) is 17.1. The summed E-state index contributed by atoms with van der Waals surface area (Å²) < 4.78 is 0. The molecule has 0 aliphatic carbocycles. The second-order valence-electron chi connectivity index (χ2n) is 6.74. The lowest BCUT2D eigenvalue weighted by Crippen LogP contribution is -2.32. The molecule has 1 aromatic rings. The molecule has 0 saturated carbocycles. The van der Waals surface area contributed by atoms with Crippen molar-refractivity contribution in [1.82, 2.24) is 0 Å². The Kier molecular flexibility index (Phi) is 4.39. The van der Waals surface area contributed by atoms with Crippen LogP contribution in [0.2, 0.25) is 0 Å². The molecule has 1 aromatic carbocycles. The van der Waals surface area contributed by atoms with Gasteiger partial charge in [0.25, 0.3) is 0 Å². The first kappa shape index (κ1) is 15.6. The Labute approximate surface area is 127 Å². The zero-order chi connectivity index (χ0) is 15.6. The third-order valence-electron chi connectivity index (χ3n) is 4.12. The van der Waals surface area contributed by atoms with E-state index in [0.717, 1.165) is 30.8 Å². The lowest BCUT2D eigenvalue weighted by molar-refractivity contribution is 0.199. The first-order valence-electron chi connectivity index (χ1n) is 7.49. The first-order valence-corrected chi connectivity index (χ1v) is 7.49. The molecule has 0 bridgehead atoms. The van der Waals surface area contributed by atoms with Crippen LogP contribution in [0.15, 0.2) is 29.8 Å². The van der Waals surface area contributed by atoms with E-state index in [0.29, 0.717) is 5.56 Å². The van der Waals surface area contributed by atoms with Gasteiger partial charge in [-0.05, 0) is 30.9 Å². The zero-order valence-corrected chi connectivity index (χ0v) is 13.3. The van der Waals surface area contributed by atoms with Gasteiger partial charge in [0, 0.05) is 24.3 Å². The van der Waals surface area contributed by atoms with Crippen LogP contribution in [-0.2, 0) is 0 Å². The lowest BCUT2D eigenvalue weighted by Gasteiger charge is -2.34. The Morgan fingerprint density at radius 1 is 1.33 bits per heavy atom. The van der Waals surface area contributed by atoms with Crippen LogP contribution >= 0.6 is 0 Å². The largest absolute Gasteiger partial charge is 0.389 e. The van der Waals surface area contributed by atoms with Crippen LogP contribution in [0, 0.1) is 16.7 Å². The monoisotopic (exact) mass is 284 g/mol. The molecule has 1 unspecified atom stereocenters. The summed E-state index contributed by atoms with van der Waals surface area (Å²) in [6.07, 6.45) is 2.79. The molecule has 1 aliphatic rings. The van der Waals surface area contributed by atoms with Crippen LogP contribution < -0.4 is 4.90 Å². The average molecular weight is 284 g/mol. The van der Waals surface area contributed by atoms with E-state index in [4.69, 9.17) is 5.26 Å². The number of anilines is 1. The SMILES string of the molecule is CC(O)c1ccc(C#N)cc1N1CC=C(C(C)(C)C)CC1. The molecule has 0 radical (unpaired) electrons. The minimum atomic E-state index is -0.527. The molecule has 0 spiro atoms. The van der Waals surface area contributed by atoms with Gasteiger partial charge in [-0.2, -0.15) is 5.26 Å². The number of hydrogen-bond donors (Lipinski definition) is 1. The molecular weight excluding hydrogens is 260 g/mol. The van der Waals surface area contributed by atoms with Crippen molar-refractivity contribution < 1.29 is 5.11 Å². The molecule has 1 atom stereocenters. The van der Waals surface area contributed by atoms with Gasteiger partial charge in [-0.15, -0.1) is 0 Å². The fourth-order valence-electron chi connectivity index (χ4n) is 2.81. The summed E-state index contributed by atoms with van der Waals surface area (Å²) in [6.45, 7) is 10.3. The zero-order valence-electron chi connectivity index (χ0n) is 13.3. The number of nitrogens with zero attached hydrogens (tertiary/aromatic N) is 2. The number of aliphatic hydroxyl groups is 1. The first-order chi connectivity index (χ1) is 9.82. The maximum Gasteiger partial charge on any atom is 0.0992 e. The molecule has 0 fully saturated rings. The minimum Gasteiger partial charge on any atom is -0.389 e. The average Bonchev–Trinajstić information content (AvgIpc) is 2.45. The number of nitriles is 1. The Bertz CT molecular complexity index is 588. The summed E-state index contributed by atoms with van der Waals surface area (Å²) in [5.74, 6) is 0. The van der Waals surface area contributed by atoms with Crippen LogP contribution in [0.5, 0.6) is 0 Å². The number of hydrogen-bond acceptors (Lipinski definition) is 3. The quantitative estimate of drug-likeness (QED) is 0.840. The van der Waals surface area contributed by atoms with Crippen molar-refractivity contribution >= 4 is 5.69 Å². The van der Waals surface area contributed by atoms with Gasteiger partial charge in [-0.3, -0.25) is 0 Å². The maximum absolute atomic E-state index is 9.96. The number of rotatable bonds is 2. The van der Waals surface area contributed by atoms with E-state index < -0.39 is 6.10 Å². The van der Waals surface area contributed by atoms with Crippen molar-refractivity contribution in [2.75, 3.05) is 18.0 Å². The third-order valence-corrected chi connectivity index (χ3v) is 4.12. The van der Waals surface area contributed by atoms with E-state index in [-0.39, 0.29) is 5.41 Å². The van der Waals surface area contributed by atoms with Gasteiger partial charge in [0.2, 0.25) is 0 Å². The molecule has 1 N–H and O–H groups in total. The van der Waals surface area contributed by atoms with Crippen LogP contribution in [0.1, 0.15) is 51.3 Å². The van der Waals surface area contributed by atoms with Crippen molar-refractivity contribution in [3.8, 4) is 6.07 Å². The Morgan fingerprint density at radius 3 is 2.52 bits per heavy atom. The highest BCUT2D eigenvalue weighted by Gasteiger charge is 2.23. The van der Waals surface area contributed by atoms with Crippen LogP contribution in [0.4, 0.5) is 5.69 Å². The highest BCUT2D eigenvalue weighted by molar-refractivity contribution is 5.59. The molecular formula is C18H24N2O. The van der Waals surface area contributed by atoms with E-state index in [2.05, 4.69) is 37.8 Å². The highest BCUT2D eigenvalue weighted by Crippen LogP contribution is 2.34. The predicted octanol–water partition coefficient (Wildman–Crippen LogP) is 3.79. The Balaban J connectivity index is 2.31. The number of benzene rings is 1. The molecule has 0 aromatic heterocycles. The summed E-state index contributed by atoms with van der Waals surface area (Å²) >= 11 is 0. The smallest absolute Gasteiger partial charge is 0.0992 e. The molecule has 0 amide bonds. The second-order valence-corrected chi connectivity index (χ2v) is 6.74. The Hall–Kier alpha value is -1.79. The molecule has 2 rings (SSSR count). The summed E-state index contributed by atoms with van der Waals surface area (Å²) in [4.78, 5) is 2.25. The topological polar surface area (TPSA) is 47.3 Å². The van der Waals surface area contributed by atoms with Gasteiger partial charge in [0.05, 0.1) is 17.7 Å². The van der Waals surface area contributed by atoms with Crippen LogP contribution in [0.25, 0.3) is 0 Å². The van der Waals surface area contributed by atoms with Crippen molar-refractivity contribution in [2.45, 2.75) is 40.2 Å². The van der Waals surface area contributed by atoms with Crippen molar-refractivity contribution in [1.29, 1.82) is 5.26 Å². The number of aliphatic hydroxyl groups excluding tert-OH is 1. The fraction of sp³-hybridized carbons (Fsp3) is 0.500. The standard InChI is InChI=1S/C18H24N2O/c1-13(21)16-6-5-14(12-19)11-17(16)20-9-7-15(8-10-20)18(2,3)4/h5-7,11,13,21H,8-10H2,1-4H3. The van der Waals surface area contributed by atoms with E-state index in [1.807, 2.05) is 12.1 Å². The van der Waals surface area contributed by atoms with Crippen LogP contribution in [0.3, 0.4) is 0 Å². The fourth-order valence-corrected chi connectivity index (χ4v) is 2.81.